The summed E-state index contributed by atoms with van der Waals surface area (Å²) in [6, 6.07) is 1.08. The maximum atomic E-state index is 12.1. The number of likely N-dealkylation sites (tertiary alicyclic amines) is 1. The van der Waals surface area contributed by atoms with Gasteiger partial charge in [0, 0.05) is 25.2 Å². The second-order valence-corrected chi connectivity index (χ2v) is 7.34. The third-order valence-corrected chi connectivity index (χ3v) is 5.00. The zero-order chi connectivity index (χ0) is 15.2. The lowest BCUT2D eigenvalue weighted by atomic mass is 9.95. The predicted molar refractivity (Wildman–Crippen MR) is 87.3 cm³/mol. The van der Waals surface area contributed by atoms with Crippen molar-refractivity contribution in [1.29, 1.82) is 0 Å². The van der Waals surface area contributed by atoms with Gasteiger partial charge in [-0.15, -0.1) is 0 Å². The quantitative estimate of drug-likeness (QED) is 0.815. The average molecular weight is 295 g/mol. The van der Waals surface area contributed by atoms with Crippen LogP contribution in [0.2, 0.25) is 0 Å². The van der Waals surface area contributed by atoms with E-state index < -0.39 is 0 Å². The fraction of sp³-hybridized carbons (Fsp3) is 0.941. The molecule has 21 heavy (non-hydrogen) atoms. The normalized spacial score (nSPS) is 24.9. The summed E-state index contributed by atoms with van der Waals surface area (Å²) in [5.74, 6) is 0.933. The first kappa shape index (κ1) is 16.8. The summed E-state index contributed by atoms with van der Waals surface area (Å²) < 4.78 is 0. The highest BCUT2D eigenvalue weighted by Crippen LogP contribution is 2.19. The molecule has 1 saturated heterocycles. The number of amides is 1. The summed E-state index contributed by atoms with van der Waals surface area (Å²) in [6.07, 6.45) is 7.48. The molecule has 0 spiro atoms. The van der Waals surface area contributed by atoms with Crippen LogP contribution >= 0.6 is 0 Å². The highest BCUT2D eigenvalue weighted by Gasteiger charge is 2.25. The Kier molecular flexibility index (Phi) is 6.49. The smallest absolute Gasteiger partial charge is 0.234 e. The van der Waals surface area contributed by atoms with Crippen molar-refractivity contribution in [2.75, 3.05) is 33.2 Å². The molecule has 1 N–H and O–H groups in total. The molecule has 1 amide bonds. The Morgan fingerprint density at radius 3 is 2.57 bits per heavy atom. The van der Waals surface area contributed by atoms with Gasteiger partial charge in [-0.25, -0.2) is 0 Å². The number of likely N-dealkylation sites (N-methyl/N-ethyl adjacent to an activating group) is 1. The first-order valence-electron chi connectivity index (χ1n) is 8.76. The maximum absolute atomic E-state index is 12.1. The lowest BCUT2D eigenvalue weighted by Gasteiger charge is -2.25. The van der Waals surface area contributed by atoms with Gasteiger partial charge >= 0.3 is 0 Å². The molecule has 4 nitrogen and oxygen atoms in total. The van der Waals surface area contributed by atoms with Crippen molar-refractivity contribution in [1.82, 2.24) is 15.1 Å². The summed E-state index contributed by atoms with van der Waals surface area (Å²) in [7, 11) is 2.08. The minimum atomic E-state index is 0.211. The first-order valence-corrected chi connectivity index (χ1v) is 8.76. The summed E-state index contributed by atoms with van der Waals surface area (Å²) in [5.41, 5.74) is 0. The number of carbonyl (C=O) groups is 1. The van der Waals surface area contributed by atoms with E-state index in [4.69, 9.17) is 0 Å². The van der Waals surface area contributed by atoms with Crippen molar-refractivity contribution in [2.45, 2.75) is 64.5 Å². The van der Waals surface area contributed by atoms with Gasteiger partial charge in [0.2, 0.25) is 5.91 Å². The van der Waals surface area contributed by atoms with Crippen LogP contribution in [0, 0.1) is 5.92 Å². The van der Waals surface area contributed by atoms with Crippen LogP contribution in [0.1, 0.15) is 52.4 Å². The van der Waals surface area contributed by atoms with Crippen LogP contribution in [-0.2, 0) is 4.79 Å². The highest BCUT2D eigenvalue weighted by atomic mass is 16.2. The zero-order valence-electron chi connectivity index (χ0n) is 14.1. The van der Waals surface area contributed by atoms with Crippen LogP contribution in [0.15, 0.2) is 0 Å². The summed E-state index contributed by atoms with van der Waals surface area (Å²) in [5, 5.41) is 3.21. The molecule has 2 aliphatic rings. The molecule has 4 heteroatoms. The number of rotatable bonds is 6. The van der Waals surface area contributed by atoms with Crippen molar-refractivity contribution in [3.05, 3.63) is 0 Å². The average Bonchev–Trinajstić information content (AvgIpc) is 2.88. The molecule has 2 rings (SSSR count). The van der Waals surface area contributed by atoms with E-state index in [1.165, 1.54) is 51.6 Å². The van der Waals surface area contributed by atoms with Crippen LogP contribution < -0.4 is 5.32 Å². The van der Waals surface area contributed by atoms with E-state index in [1.807, 2.05) is 0 Å². The van der Waals surface area contributed by atoms with E-state index in [0.29, 0.717) is 18.6 Å². The molecular formula is C17H33N3O. The van der Waals surface area contributed by atoms with Crippen molar-refractivity contribution in [3.8, 4) is 0 Å². The molecule has 1 aliphatic carbocycles. The molecule has 0 bridgehead atoms. The number of hydrogen-bond donors (Lipinski definition) is 1. The van der Waals surface area contributed by atoms with Gasteiger partial charge in [-0.3, -0.25) is 9.69 Å². The Bertz CT molecular complexity index is 326. The van der Waals surface area contributed by atoms with Gasteiger partial charge in [0.05, 0.1) is 6.54 Å². The standard InChI is InChI=1S/C17H33N3O/c1-14(2)20-10-9-15(12-20)11-19(3)13-17(21)18-16-7-5-4-6-8-16/h14-16H,4-13H2,1-3H3,(H,18,21)/t15-/m0/s1. The topological polar surface area (TPSA) is 35.6 Å². The SMILES string of the molecule is CC(C)N1CC[C@@H](CN(C)CC(=O)NC2CCCCC2)C1. The van der Waals surface area contributed by atoms with Crippen molar-refractivity contribution in [3.63, 3.8) is 0 Å². The number of hydrogen-bond acceptors (Lipinski definition) is 3. The molecular weight excluding hydrogens is 262 g/mol. The van der Waals surface area contributed by atoms with E-state index >= 15 is 0 Å². The molecule has 0 aromatic rings. The minimum Gasteiger partial charge on any atom is -0.352 e. The van der Waals surface area contributed by atoms with Gasteiger partial charge in [0.15, 0.2) is 0 Å². The molecule has 1 atom stereocenters. The molecule has 1 heterocycles. The first-order chi connectivity index (χ1) is 10.0. The van der Waals surface area contributed by atoms with Crippen LogP contribution in [-0.4, -0.2) is 61.0 Å². The largest absolute Gasteiger partial charge is 0.352 e. The molecule has 1 saturated carbocycles. The second kappa shape index (κ2) is 8.14. The maximum Gasteiger partial charge on any atom is 0.234 e. The molecule has 0 aromatic carbocycles. The summed E-state index contributed by atoms with van der Waals surface area (Å²) >= 11 is 0. The van der Waals surface area contributed by atoms with Crippen molar-refractivity contribution in [2.24, 2.45) is 5.92 Å². The van der Waals surface area contributed by atoms with Gasteiger partial charge in [0.1, 0.15) is 0 Å². The van der Waals surface area contributed by atoms with Gasteiger partial charge in [-0.05, 0) is 52.6 Å². The molecule has 0 radical (unpaired) electrons. The van der Waals surface area contributed by atoms with Gasteiger partial charge in [-0.1, -0.05) is 19.3 Å². The molecule has 2 fully saturated rings. The Hall–Kier alpha value is -0.610. The molecule has 1 aliphatic heterocycles. The fourth-order valence-electron chi connectivity index (χ4n) is 3.75. The lowest BCUT2D eigenvalue weighted by molar-refractivity contribution is -0.123. The fourth-order valence-corrected chi connectivity index (χ4v) is 3.75. The highest BCUT2D eigenvalue weighted by molar-refractivity contribution is 5.78. The van der Waals surface area contributed by atoms with Crippen molar-refractivity contribution < 1.29 is 4.79 Å². The Morgan fingerprint density at radius 1 is 1.24 bits per heavy atom. The van der Waals surface area contributed by atoms with Gasteiger partial charge < -0.3 is 10.2 Å². The third kappa shape index (κ3) is 5.59. The van der Waals surface area contributed by atoms with E-state index in [2.05, 4.69) is 36.0 Å². The third-order valence-electron chi connectivity index (χ3n) is 5.00. The van der Waals surface area contributed by atoms with Crippen LogP contribution in [0.4, 0.5) is 0 Å². The monoisotopic (exact) mass is 295 g/mol. The molecule has 0 unspecified atom stereocenters. The van der Waals surface area contributed by atoms with E-state index in [-0.39, 0.29) is 5.91 Å². The van der Waals surface area contributed by atoms with Gasteiger partial charge in [-0.2, -0.15) is 0 Å². The van der Waals surface area contributed by atoms with E-state index in [0.717, 1.165) is 12.5 Å². The van der Waals surface area contributed by atoms with E-state index in [1.54, 1.807) is 0 Å². The number of nitrogens with zero attached hydrogens (tertiary/aromatic N) is 2. The van der Waals surface area contributed by atoms with Crippen molar-refractivity contribution >= 4 is 5.91 Å². The molecule has 0 aromatic heterocycles. The van der Waals surface area contributed by atoms with E-state index in [9.17, 15) is 4.79 Å². The Balaban J connectivity index is 1.64. The summed E-state index contributed by atoms with van der Waals surface area (Å²) in [4.78, 5) is 16.8. The summed E-state index contributed by atoms with van der Waals surface area (Å²) in [6.45, 7) is 8.53. The van der Waals surface area contributed by atoms with Crippen LogP contribution in [0.5, 0.6) is 0 Å². The minimum absolute atomic E-state index is 0.211. The second-order valence-electron chi connectivity index (χ2n) is 7.34. The number of nitrogens with one attached hydrogen (secondary N) is 1. The lowest BCUT2D eigenvalue weighted by Crippen LogP contribution is -2.43. The predicted octanol–water partition coefficient (Wildman–Crippen LogP) is 2.10. The zero-order valence-corrected chi connectivity index (χ0v) is 14.1. The van der Waals surface area contributed by atoms with Crippen LogP contribution in [0.3, 0.4) is 0 Å². The molecule has 122 valence electrons. The Morgan fingerprint density at radius 2 is 1.95 bits per heavy atom. The Labute approximate surface area is 130 Å². The van der Waals surface area contributed by atoms with Gasteiger partial charge in [0.25, 0.3) is 0 Å². The van der Waals surface area contributed by atoms with Crippen LogP contribution in [0.25, 0.3) is 0 Å². The number of carbonyl (C=O) groups excluding carboxylic acids is 1.